The molecule has 0 radical (unpaired) electrons. The van der Waals surface area contributed by atoms with E-state index in [1.54, 1.807) is 77.0 Å². The number of methoxy groups -OCH3 is 2. The smallest absolute Gasteiger partial charge is 0.334 e. The molecule has 4 aromatic carbocycles. The number of aliphatic hydroxyl groups is 1. The topological polar surface area (TPSA) is 174 Å². The summed E-state index contributed by atoms with van der Waals surface area (Å²) in [6.07, 6.45) is 11.6. The number of aliphatic hydroxyl groups excluding tert-OH is 1. The number of H-pyrrole nitrogens is 1. The molecule has 10 aromatic rings. The van der Waals surface area contributed by atoms with Gasteiger partial charge in [-0.3, -0.25) is 32.5 Å². The van der Waals surface area contributed by atoms with Crippen LogP contribution in [-0.2, 0) is 31.0 Å². The second kappa shape index (κ2) is 31.1. The molecule has 6 aromatic heterocycles. The van der Waals surface area contributed by atoms with E-state index in [2.05, 4.69) is 46.7 Å². The molecule has 25 heteroatoms. The third-order valence-corrected chi connectivity index (χ3v) is 24.8. The van der Waals surface area contributed by atoms with Crippen molar-refractivity contribution in [3.05, 3.63) is 165 Å². The standard InChI is InChI=1S/C25H23ClFN5O2.C13H11N3O2.C12H14ClFN2O.C4H8O.H7P5/c1-34-19-7-5-18(6-8-19)32-22-10-12-28-15-23(22)31(25(32)33)16-24-29-20-14-17(26)4-9-21(20)30(24)13-3-2-11-27;1-18-10-4-2-9(3-5-10)16-12-6-7-14-8-11(12)15-13(16)17;13-9-3-4-11-10(7-9)15-12(8-17)16(11)6-2-1-5-14;1-2-4-5-3-1;1-4-5(2)3/h4-10,12,14-15H,2-3,11,13,16H2,1H3;2-8H,1H3,(H,15,17);3-4,7,17H,1-2,5-6,8H2;1-4H2;4H,1-3H2. The lowest BCUT2D eigenvalue weighted by Gasteiger charge is -2.09. The average molecular weight is 1210 g/mol. The lowest BCUT2D eigenvalue weighted by Crippen LogP contribution is -2.25. The quantitative estimate of drug-likeness (QED) is 0.0700. The summed E-state index contributed by atoms with van der Waals surface area (Å²) < 4.78 is 49.0. The van der Waals surface area contributed by atoms with Crippen LogP contribution < -0.4 is 20.9 Å². The number of fused-ring (bicyclic) bond motifs is 4. The third-order valence-electron chi connectivity index (χ3n) is 12.4. The number of benzene rings is 4. The van der Waals surface area contributed by atoms with E-state index in [0.29, 0.717) is 65.3 Å². The first-order chi connectivity index (χ1) is 38.4. The van der Waals surface area contributed by atoms with Crippen LogP contribution in [0.15, 0.2) is 131 Å². The number of halogens is 4. The first-order valence-corrected chi connectivity index (χ1v) is 34.2. The predicted octanol–water partition coefficient (Wildman–Crippen LogP) is 12.9. The molecule has 4 atom stereocenters. The van der Waals surface area contributed by atoms with Gasteiger partial charge in [-0.25, -0.2) is 19.6 Å². The number of alkyl halides is 2. The van der Waals surface area contributed by atoms with Gasteiger partial charge in [-0.05, 0) is 143 Å². The van der Waals surface area contributed by atoms with Crippen LogP contribution in [0.25, 0.3) is 55.5 Å². The minimum Gasteiger partial charge on any atom is -0.497 e. The number of ether oxygens (including phenoxy) is 3. The lowest BCUT2D eigenvalue weighted by atomic mass is 10.3. The number of rotatable bonds is 16. The van der Waals surface area contributed by atoms with Crippen LogP contribution in [0, 0.1) is 0 Å². The first kappa shape index (κ1) is 61.4. The second-order valence-corrected chi connectivity index (χ2v) is 32.4. The van der Waals surface area contributed by atoms with Crippen molar-refractivity contribution in [1.82, 2.24) is 47.8 Å². The van der Waals surface area contributed by atoms with E-state index in [-0.39, 0.29) is 44.9 Å². The maximum absolute atomic E-state index is 13.6. The van der Waals surface area contributed by atoms with Crippen LogP contribution in [0.2, 0.25) is 10.0 Å². The van der Waals surface area contributed by atoms with Gasteiger partial charge in [0, 0.05) is 48.7 Å². The Kier molecular flexibility index (Phi) is 24.2. The summed E-state index contributed by atoms with van der Waals surface area (Å²) in [6, 6.07) is 29.2. The van der Waals surface area contributed by atoms with Gasteiger partial charge < -0.3 is 33.4 Å². The molecular weight excluding hydrogens is 1150 g/mol. The Morgan fingerprint density at radius 3 is 1.67 bits per heavy atom. The van der Waals surface area contributed by atoms with Crippen molar-refractivity contribution in [2.24, 2.45) is 0 Å². The van der Waals surface area contributed by atoms with Gasteiger partial charge in [0.2, 0.25) is 0 Å². The number of nitrogens with zero attached hydrogens (tertiary/aromatic N) is 9. The molecule has 11 rings (SSSR count). The van der Waals surface area contributed by atoms with E-state index in [0.717, 1.165) is 83.3 Å². The Morgan fingerprint density at radius 1 is 0.671 bits per heavy atom. The van der Waals surface area contributed by atoms with Crippen molar-refractivity contribution in [2.75, 3.05) is 40.8 Å². The van der Waals surface area contributed by atoms with Crippen LogP contribution in [-0.4, -0.2) is 93.6 Å². The van der Waals surface area contributed by atoms with Crippen molar-refractivity contribution >= 4 is 109 Å². The number of pyridine rings is 2. The maximum Gasteiger partial charge on any atom is 0.334 e. The summed E-state index contributed by atoms with van der Waals surface area (Å²) in [6.45, 7) is 2.93. The monoisotopic (exact) mass is 1210 g/mol. The van der Waals surface area contributed by atoms with Crippen LogP contribution in [0.1, 0.15) is 50.2 Å². The van der Waals surface area contributed by atoms with Crippen LogP contribution in [0.5, 0.6) is 11.5 Å². The van der Waals surface area contributed by atoms with Crippen LogP contribution in [0.4, 0.5) is 8.78 Å². The molecule has 7 heterocycles. The molecule has 16 nitrogen and oxygen atoms in total. The molecule has 1 aliphatic heterocycles. The number of imidazole rings is 4. The molecule has 0 amide bonds. The fraction of sp³-hybridized carbons (Fsp3) is 0.296. The number of hydrogen-bond donors (Lipinski definition) is 2. The van der Waals surface area contributed by atoms with Gasteiger partial charge in [0.1, 0.15) is 29.8 Å². The predicted molar refractivity (Wildman–Crippen MR) is 329 cm³/mol. The third kappa shape index (κ3) is 16.2. The Morgan fingerprint density at radius 2 is 1.18 bits per heavy atom. The summed E-state index contributed by atoms with van der Waals surface area (Å²) in [5.41, 5.74) is 7.45. The lowest BCUT2D eigenvalue weighted by molar-refractivity contribution is 0.198. The summed E-state index contributed by atoms with van der Waals surface area (Å²) >= 11 is 12.1. The molecule has 1 saturated heterocycles. The summed E-state index contributed by atoms with van der Waals surface area (Å²) in [5, 5.41) is 10.5. The zero-order valence-electron chi connectivity index (χ0n) is 43.7. The van der Waals surface area contributed by atoms with Gasteiger partial charge in [0.15, 0.2) is 0 Å². The average Bonchev–Trinajstić information content (AvgIpc) is 4.53. The molecule has 2 N–H and O–H groups in total. The Labute approximate surface area is 475 Å². The van der Waals surface area contributed by atoms with Gasteiger partial charge in [-0.15, -0.1) is 26.8 Å². The second-order valence-electron chi connectivity index (χ2n) is 17.6. The SMILES string of the molecule is C1CCOC1.COc1ccc(-n2c(=O)[nH]c3cnccc32)cc1.COc1ccc(-n2c(=O)n(Cc3nc4cc(Cl)ccc4n3CCCCF)c3cnccc32)cc1.OCc1nc2cc(Cl)ccc2n1CCCCF.PPP(P)P. The van der Waals surface area contributed by atoms with Crippen molar-refractivity contribution in [1.29, 1.82) is 0 Å². The zero-order chi connectivity index (χ0) is 56.3. The fourth-order valence-corrected chi connectivity index (χ4v) is 8.94. The molecule has 1 fully saturated rings. The molecule has 4 unspecified atom stereocenters. The Hall–Kier alpha value is -5.23. The largest absolute Gasteiger partial charge is 0.497 e. The Balaban J connectivity index is 0.000000168. The van der Waals surface area contributed by atoms with Crippen molar-refractivity contribution in [3.63, 3.8) is 0 Å². The number of unbranched alkanes of at least 4 members (excludes halogenated alkanes) is 2. The maximum atomic E-state index is 13.6. The van der Waals surface area contributed by atoms with Crippen molar-refractivity contribution in [3.8, 4) is 22.9 Å². The van der Waals surface area contributed by atoms with E-state index in [4.69, 9.17) is 42.4 Å². The van der Waals surface area contributed by atoms with E-state index < -0.39 is 0 Å². The highest BCUT2D eigenvalue weighted by molar-refractivity contribution is 8.77. The number of aryl methyl sites for hydroxylation is 2. The number of nitrogens with one attached hydrogen (secondary N) is 1. The number of aromatic amines is 1. The van der Waals surface area contributed by atoms with Gasteiger partial charge in [-0.2, -0.15) is 0 Å². The molecule has 0 spiro atoms. The minimum atomic E-state index is -0.367. The van der Waals surface area contributed by atoms with Crippen molar-refractivity contribution in [2.45, 2.75) is 64.8 Å². The van der Waals surface area contributed by atoms with Crippen molar-refractivity contribution < 1.29 is 28.1 Å². The van der Waals surface area contributed by atoms with Gasteiger partial charge in [-0.1, -0.05) is 31.2 Å². The first-order valence-electron chi connectivity index (χ1n) is 25.2. The number of hydrogen-bond acceptors (Lipinski definition) is 10. The zero-order valence-corrected chi connectivity index (χ0v) is 50.5. The van der Waals surface area contributed by atoms with Gasteiger partial charge in [0.25, 0.3) is 0 Å². The van der Waals surface area contributed by atoms with E-state index in [9.17, 15) is 23.5 Å². The van der Waals surface area contributed by atoms with Gasteiger partial charge >= 0.3 is 11.4 Å². The fourth-order valence-electron chi connectivity index (χ4n) is 8.61. The molecule has 79 heavy (non-hydrogen) atoms. The van der Waals surface area contributed by atoms with Gasteiger partial charge in [0.05, 0.1) is 102 Å². The highest BCUT2D eigenvalue weighted by atomic mass is 35.5. The highest BCUT2D eigenvalue weighted by Crippen LogP contribution is 2.71. The summed E-state index contributed by atoms with van der Waals surface area (Å²) in [4.78, 5) is 45.7. The molecule has 1 aliphatic rings. The normalized spacial score (nSPS) is 12.1. The van der Waals surface area contributed by atoms with Crippen LogP contribution in [0.3, 0.4) is 0 Å². The van der Waals surface area contributed by atoms with Crippen LogP contribution >= 0.6 is 64.9 Å². The molecule has 0 bridgehead atoms. The molecule has 0 aliphatic carbocycles. The van der Waals surface area contributed by atoms with E-state index in [1.807, 2.05) is 81.9 Å². The minimum absolute atomic E-state index is 0.123. The molecule has 0 saturated carbocycles. The summed E-state index contributed by atoms with van der Waals surface area (Å²) in [7, 11) is 12.4. The van der Waals surface area contributed by atoms with E-state index >= 15 is 0 Å². The molecule has 418 valence electrons. The summed E-state index contributed by atoms with van der Waals surface area (Å²) in [5.74, 6) is 2.77. The number of aromatic nitrogens is 10. The highest BCUT2D eigenvalue weighted by Gasteiger charge is 2.19. The van der Waals surface area contributed by atoms with E-state index in [1.165, 1.54) is 12.8 Å². The molecular formula is C54H63Cl2F2N10O6P5. The Bertz CT molecular complexity index is 3640.